The molecule has 4 aromatic carbocycles. The van der Waals surface area contributed by atoms with Gasteiger partial charge in [-0.05, 0) is 65.4 Å². The van der Waals surface area contributed by atoms with Crippen LogP contribution in [0.3, 0.4) is 0 Å². The number of nitrogens with one attached hydrogen (secondary N) is 1. The van der Waals surface area contributed by atoms with Gasteiger partial charge in [0.25, 0.3) is 0 Å². The number of anilines is 1. The van der Waals surface area contributed by atoms with E-state index in [9.17, 15) is 14.7 Å². The number of phenols is 1. The smallest absolute Gasteiger partial charge is 0.421 e. The van der Waals surface area contributed by atoms with Crippen LogP contribution in [0.1, 0.15) is 78.1 Å². The molecule has 0 bridgehead atoms. The molecule has 14 heteroatoms. The molecule has 3 fully saturated rings. The van der Waals surface area contributed by atoms with Crippen LogP contribution >= 0.6 is 0 Å². The van der Waals surface area contributed by atoms with Crippen LogP contribution in [0.4, 0.5) is 15.3 Å². The molecule has 4 heterocycles. The lowest BCUT2D eigenvalue weighted by atomic mass is 9.64. The number of fused-ring (bicyclic) bond motifs is 3. The van der Waals surface area contributed by atoms with Crippen LogP contribution in [0.15, 0.2) is 103 Å². The van der Waals surface area contributed by atoms with Crippen LogP contribution in [0.25, 0.3) is 0 Å². The van der Waals surface area contributed by atoms with Gasteiger partial charge in [-0.1, -0.05) is 104 Å². The Morgan fingerprint density at radius 1 is 0.839 bits per heavy atom. The van der Waals surface area contributed by atoms with Crippen LogP contribution in [-0.4, -0.2) is 90.8 Å². The fraction of sp³-hybridized carbons (Fsp3) is 0.354. The number of carbonyl (C=O) groups excluding carboxylic acids is 5. The number of nitrogens with zero attached hydrogens (tertiary/aromatic N) is 3. The number of imide groups is 1. The number of rotatable bonds is 8. The Morgan fingerprint density at radius 3 is 2.16 bits per heavy atom. The van der Waals surface area contributed by atoms with E-state index in [4.69, 9.17) is 19.9 Å². The monoisotopic (exact) mass is 839 g/mol. The lowest BCUT2D eigenvalue weighted by Crippen LogP contribution is -2.56. The average Bonchev–Trinajstić information content (AvgIpc) is 3.72. The molecule has 4 aliphatic heterocycles. The minimum atomic E-state index is -1.99. The molecular formula is C48H49N5O9. The minimum absolute atomic E-state index is 0.0333. The molecule has 4 aromatic rings. The number of esters is 1. The van der Waals surface area contributed by atoms with Crippen molar-refractivity contribution in [3.05, 3.63) is 131 Å². The molecule has 8 rings (SSSR count). The first-order chi connectivity index (χ1) is 30.2. The highest BCUT2D eigenvalue weighted by Crippen LogP contribution is 2.66. The number of morpholine rings is 1. The number of primary amides is 1. The largest absolute Gasteiger partial charge is 0.508 e. The summed E-state index contributed by atoms with van der Waals surface area (Å²) in [6, 6.07) is 26.2. The molecule has 1 spiro atoms. The van der Waals surface area contributed by atoms with Crippen molar-refractivity contribution in [2.75, 3.05) is 44.9 Å². The zero-order chi connectivity index (χ0) is 43.4. The molecule has 320 valence electrons. The summed E-state index contributed by atoms with van der Waals surface area (Å²) in [6.45, 7) is 0.655. The summed E-state index contributed by atoms with van der Waals surface area (Å²) in [5.74, 6) is 2.59. The van der Waals surface area contributed by atoms with Gasteiger partial charge in [-0.25, -0.2) is 14.5 Å². The summed E-state index contributed by atoms with van der Waals surface area (Å²) in [6.07, 6.45) is 2.45. The number of hydrogen-bond donors (Lipinski definition) is 3. The van der Waals surface area contributed by atoms with Gasteiger partial charge >= 0.3 is 18.1 Å². The number of amides is 5. The maximum atomic E-state index is 16.2. The SMILES string of the molecule is COCCOC(=O)N1C(=O)[C@@]2(c3cc(C#CCNC(N)=O)ccc31)[C@H](C(=O)N1CCCCCCC1)[C@H]1C(=O)O[C@H](c3ccccc3)[C@H](c3ccccc3)N1[C@@H]2c1ccc(O)cc1. The first-order valence-corrected chi connectivity index (χ1v) is 21.0. The van der Waals surface area contributed by atoms with E-state index < -0.39 is 65.5 Å². The molecule has 0 aromatic heterocycles. The van der Waals surface area contributed by atoms with Crippen molar-refractivity contribution in [3.63, 3.8) is 0 Å². The third-order valence-electron chi connectivity index (χ3n) is 12.4. The second-order valence-corrected chi connectivity index (χ2v) is 15.9. The van der Waals surface area contributed by atoms with Crippen molar-refractivity contribution < 1.29 is 43.3 Å². The second kappa shape index (κ2) is 18.1. The highest BCUT2D eigenvalue weighted by atomic mass is 16.6. The molecule has 6 atom stereocenters. The molecule has 62 heavy (non-hydrogen) atoms. The van der Waals surface area contributed by atoms with E-state index in [1.807, 2.05) is 65.6 Å². The Balaban J connectivity index is 1.45. The number of ether oxygens (including phenoxy) is 3. The minimum Gasteiger partial charge on any atom is -0.508 e. The quantitative estimate of drug-likeness (QED) is 0.114. The maximum absolute atomic E-state index is 16.2. The second-order valence-electron chi connectivity index (χ2n) is 15.9. The Kier molecular flexibility index (Phi) is 12.3. The number of hydrogen-bond acceptors (Lipinski definition) is 10. The summed E-state index contributed by atoms with van der Waals surface area (Å²) in [7, 11) is 1.46. The van der Waals surface area contributed by atoms with Gasteiger partial charge in [0.15, 0.2) is 0 Å². The predicted octanol–water partition coefficient (Wildman–Crippen LogP) is 5.65. The molecule has 0 saturated carbocycles. The van der Waals surface area contributed by atoms with E-state index >= 15 is 14.4 Å². The number of aromatic hydroxyl groups is 1. The number of urea groups is 1. The summed E-state index contributed by atoms with van der Waals surface area (Å²) in [5, 5.41) is 13.1. The topological polar surface area (TPSA) is 181 Å². The Labute approximate surface area is 359 Å². The summed E-state index contributed by atoms with van der Waals surface area (Å²) in [4.78, 5) is 77.9. The molecule has 5 amide bonds. The number of likely N-dealkylation sites (tertiary alicyclic amines) is 1. The highest BCUT2D eigenvalue weighted by molar-refractivity contribution is 6.23. The average molecular weight is 840 g/mol. The molecule has 0 aliphatic carbocycles. The van der Waals surface area contributed by atoms with Gasteiger partial charge in [0.1, 0.15) is 29.9 Å². The lowest BCUT2D eigenvalue weighted by molar-refractivity contribution is -0.179. The van der Waals surface area contributed by atoms with Crippen molar-refractivity contribution in [2.45, 2.75) is 61.7 Å². The van der Waals surface area contributed by atoms with Crippen LogP contribution in [0.5, 0.6) is 5.75 Å². The van der Waals surface area contributed by atoms with Gasteiger partial charge in [0, 0.05) is 25.8 Å². The lowest BCUT2D eigenvalue weighted by Gasteiger charge is -2.46. The van der Waals surface area contributed by atoms with Gasteiger partial charge in [-0.3, -0.25) is 19.3 Å². The Bertz CT molecular complexity index is 2380. The molecule has 4 N–H and O–H groups in total. The van der Waals surface area contributed by atoms with Crippen molar-refractivity contribution >= 4 is 35.6 Å². The van der Waals surface area contributed by atoms with Crippen molar-refractivity contribution in [2.24, 2.45) is 11.7 Å². The fourth-order valence-electron chi connectivity index (χ4n) is 9.82. The van der Waals surface area contributed by atoms with Crippen LogP contribution < -0.4 is 16.0 Å². The molecule has 14 nitrogen and oxygen atoms in total. The Hall–Kier alpha value is -6.69. The molecule has 3 saturated heterocycles. The first kappa shape index (κ1) is 42.0. The summed E-state index contributed by atoms with van der Waals surface area (Å²) >= 11 is 0. The molecular weight excluding hydrogens is 791 g/mol. The first-order valence-electron chi connectivity index (χ1n) is 21.0. The number of phenolic OH excluding ortho intramolecular Hbond substituents is 1. The van der Waals surface area contributed by atoms with E-state index in [1.54, 1.807) is 35.2 Å². The van der Waals surface area contributed by atoms with Crippen molar-refractivity contribution in [1.82, 2.24) is 15.1 Å². The van der Waals surface area contributed by atoms with E-state index in [0.29, 0.717) is 29.8 Å². The third kappa shape index (κ3) is 7.63. The number of methoxy groups -OCH3 is 1. The van der Waals surface area contributed by atoms with E-state index in [0.717, 1.165) is 42.6 Å². The summed E-state index contributed by atoms with van der Waals surface area (Å²) < 4.78 is 17.4. The van der Waals surface area contributed by atoms with Crippen LogP contribution in [0.2, 0.25) is 0 Å². The normalized spacial score (nSPS) is 24.5. The predicted molar refractivity (Wildman–Crippen MR) is 227 cm³/mol. The maximum Gasteiger partial charge on any atom is 0.421 e. The van der Waals surface area contributed by atoms with Gasteiger partial charge < -0.3 is 35.3 Å². The highest BCUT2D eigenvalue weighted by Gasteiger charge is 2.76. The zero-order valence-corrected chi connectivity index (χ0v) is 34.4. The number of carbonyl (C=O) groups is 5. The number of cyclic esters (lactones) is 1. The molecule has 0 unspecified atom stereocenters. The van der Waals surface area contributed by atoms with E-state index in [2.05, 4.69) is 17.2 Å². The molecule has 0 radical (unpaired) electrons. The van der Waals surface area contributed by atoms with Gasteiger partial charge in [-0.2, -0.15) is 0 Å². The standard InChI is InChI=1S/C48H49N5O9/c1-60-28-29-61-47(59)52-37-24-19-31(14-13-25-50-46(49)58)30-36(37)48(45(52)57)38(43(55)51-26-11-3-2-4-12-27-51)40-44(56)62-41(33-17-9-6-10-18-33)39(32-15-7-5-8-16-32)53(40)42(48)34-20-22-35(54)23-21-34/h5-10,15-24,30,38-42,54H,2-4,11-12,25-29H2,1H3,(H3,49,50,58)/t38-,39-,40-,41+,42+,48-/m0/s1. The number of benzene rings is 4. The van der Waals surface area contributed by atoms with E-state index in [-0.39, 0.29) is 36.8 Å². The van der Waals surface area contributed by atoms with Crippen molar-refractivity contribution in [3.8, 4) is 17.6 Å². The van der Waals surface area contributed by atoms with Crippen molar-refractivity contribution in [1.29, 1.82) is 0 Å². The van der Waals surface area contributed by atoms with Crippen LogP contribution in [0, 0.1) is 17.8 Å². The number of nitrogens with two attached hydrogens (primary N) is 1. The van der Waals surface area contributed by atoms with Gasteiger partial charge in [0.2, 0.25) is 11.8 Å². The van der Waals surface area contributed by atoms with Gasteiger partial charge in [0.05, 0.1) is 36.8 Å². The third-order valence-corrected chi connectivity index (χ3v) is 12.4. The molecule has 4 aliphatic rings. The zero-order valence-electron chi connectivity index (χ0n) is 34.4. The van der Waals surface area contributed by atoms with Crippen LogP contribution in [-0.2, 0) is 34.0 Å². The Morgan fingerprint density at radius 2 is 1.50 bits per heavy atom. The fourth-order valence-corrected chi connectivity index (χ4v) is 9.82. The van der Waals surface area contributed by atoms with Gasteiger partial charge in [-0.15, -0.1) is 0 Å². The summed E-state index contributed by atoms with van der Waals surface area (Å²) in [5.41, 5.74) is 6.14. The van der Waals surface area contributed by atoms with E-state index in [1.165, 1.54) is 19.2 Å².